The van der Waals surface area contributed by atoms with E-state index in [9.17, 15) is 14.4 Å². The smallest absolute Gasteiger partial charge is 0.329 e. The van der Waals surface area contributed by atoms with Crippen LogP contribution in [0.15, 0.2) is 53.3 Å². The first-order chi connectivity index (χ1) is 14.0. The highest BCUT2D eigenvalue weighted by molar-refractivity contribution is 5.98. The summed E-state index contributed by atoms with van der Waals surface area (Å²) in [5.74, 6) is -0.171. The van der Waals surface area contributed by atoms with Crippen molar-refractivity contribution in [3.8, 4) is 5.75 Å². The third-order valence-corrected chi connectivity index (χ3v) is 4.69. The van der Waals surface area contributed by atoms with E-state index < -0.39 is 5.97 Å². The first-order valence-corrected chi connectivity index (χ1v) is 9.56. The number of aryl methyl sites for hydroxylation is 2. The number of carbonyl (C=O) groups is 2. The molecule has 0 fully saturated rings. The first kappa shape index (κ1) is 20.4. The van der Waals surface area contributed by atoms with Crippen molar-refractivity contribution in [2.45, 2.75) is 32.9 Å². The van der Waals surface area contributed by atoms with Crippen molar-refractivity contribution < 1.29 is 19.1 Å². The lowest BCUT2D eigenvalue weighted by molar-refractivity contribution is -0.142. The van der Waals surface area contributed by atoms with Gasteiger partial charge in [0.05, 0.1) is 24.6 Å². The number of Topliss-reactive ketones (excluding diaryl/α,β-unsaturated/α-hetero) is 1. The summed E-state index contributed by atoms with van der Waals surface area (Å²) in [7, 11) is 1.55. The second-order valence-corrected chi connectivity index (χ2v) is 6.64. The molecule has 3 rings (SSSR count). The number of ketones is 1. The van der Waals surface area contributed by atoms with Crippen LogP contribution in [0, 0.1) is 0 Å². The highest BCUT2D eigenvalue weighted by atomic mass is 16.5. The highest BCUT2D eigenvalue weighted by Gasteiger charge is 2.15. The van der Waals surface area contributed by atoms with Gasteiger partial charge in [0.1, 0.15) is 5.75 Å². The minimum absolute atomic E-state index is 0.00985. The number of rotatable bonds is 9. The Morgan fingerprint density at radius 2 is 1.55 bits per heavy atom. The Labute approximate surface area is 168 Å². The molecule has 0 aliphatic heterocycles. The molecule has 2 aromatic carbocycles. The molecular weight excluding hydrogens is 372 g/mol. The van der Waals surface area contributed by atoms with Gasteiger partial charge in [-0.15, -0.1) is 0 Å². The summed E-state index contributed by atoms with van der Waals surface area (Å²) in [5, 5.41) is 0. The van der Waals surface area contributed by atoms with Gasteiger partial charge in [-0.3, -0.25) is 18.7 Å². The Kier molecular flexibility index (Phi) is 6.49. The van der Waals surface area contributed by atoms with Crippen molar-refractivity contribution in [1.82, 2.24) is 9.13 Å². The van der Waals surface area contributed by atoms with Gasteiger partial charge in [-0.25, -0.2) is 4.79 Å². The lowest BCUT2D eigenvalue weighted by Gasteiger charge is -2.06. The van der Waals surface area contributed by atoms with Crippen molar-refractivity contribution in [1.29, 1.82) is 0 Å². The number of hydrogen-bond donors (Lipinski definition) is 0. The van der Waals surface area contributed by atoms with Gasteiger partial charge in [0.2, 0.25) is 0 Å². The molecule has 1 heterocycles. The molecular formula is C22H24N2O5. The minimum Gasteiger partial charge on any atom is -0.497 e. The van der Waals surface area contributed by atoms with Crippen LogP contribution in [0.5, 0.6) is 5.75 Å². The van der Waals surface area contributed by atoms with Crippen molar-refractivity contribution in [2.24, 2.45) is 0 Å². The third kappa shape index (κ3) is 4.56. The summed E-state index contributed by atoms with van der Waals surface area (Å²) >= 11 is 0. The van der Waals surface area contributed by atoms with Crippen LogP contribution in [-0.4, -0.2) is 34.6 Å². The number of carbonyl (C=O) groups excluding carboxylic acids is 2. The zero-order valence-electron chi connectivity index (χ0n) is 16.6. The van der Waals surface area contributed by atoms with E-state index in [1.165, 1.54) is 0 Å². The fraction of sp³-hybridized carbons (Fsp3) is 0.318. The van der Waals surface area contributed by atoms with Gasteiger partial charge in [0.15, 0.2) is 12.4 Å². The summed E-state index contributed by atoms with van der Waals surface area (Å²) in [5.41, 5.74) is 1.93. The summed E-state index contributed by atoms with van der Waals surface area (Å²) in [6.07, 6.45) is 0.847. The molecule has 0 unspecified atom stereocenters. The Morgan fingerprint density at radius 1 is 0.931 bits per heavy atom. The Bertz CT molecular complexity index is 1060. The van der Waals surface area contributed by atoms with Crippen molar-refractivity contribution in [3.63, 3.8) is 0 Å². The molecule has 0 atom stereocenters. The summed E-state index contributed by atoms with van der Waals surface area (Å²) < 4.78 is 13.4. The molecule has 0 saturated heterocycles. The lowest BCUT2D eigenvalue weighted by atomic mass is 10.1. The Hall–Kier alpha value is -3.35. The molecule has 0 saturated carbocycles. The maximum atomic E-state index is 12.7. The van der Waals surface area contributed by atoms with Crippen molar-refractivity contribution in [2.75, 3.05) is 13.7 Å². The second kappa shape index (κ2) is 9.23. The van der Waals surface area contributed by atoms with E-state index in [-0.39, 0.29) is 31.0 Å². The van der Waals surface area contributed by atoms with E-state index in [0.717, 1.165) is 17.5 Å². The van der Waals surface area contributed by atoms with Crippen LogP contribution in [0.2, 0.25) is 0 Å². The van der Waals surface area contributed by atoms with Gasteiger partial charge in [-0.2, -0.15) is 0 Å². The van der Waals surface area contributed by atoms with E-state index in [4.69, 9.17) is 9.47 Å². The lowest BCUT2D eigenvalue weighted by Crippen LogP contribution is -2.25. The standard InChI is InChI=1S/C22H24N2O5/c1-3-13-23-18-6-4-5-7-19(18)24(22(23)27)14-12-21(26)29-15-20(25)16-8-10-17(28-2)11-9-16/h4-11H,3,12-15H2,1-2H3. The SMILES string of the molecule is CCCn1c(=O)n(CCC(=O)OCC(=O)c2ccc(OC)cc2)c2ccccc21. The number of aromatic nitrogens is 2. The topological polar surface area (TPSA) is 79.5 Å². The fourth-order valence-electron chi connectivity index (χ4n) is 3.21. The molecule has 7 heteroatoms. The number of nitrogens with zero attached hydrogens (tertiary/aromatic N) is 2. The number of esters is 1. The largest absolute Gasteiger partial charge is 0.497 e. The molecule has 0 bridgehead atoms. The summed E-state index contributed by atoms with van der Waals surface area (Å²) in [4.78, 5) is 37.0. The van der Waals surface area contributed by atoms with E-state index in [0.29, 0.717) is 17.9 Å². The van der Waals surface area contributed by atoms with E-state index >= 15 is 0 Å². The molecule has 0 aliphatic carbocycles. The zero-order valence-corrected chi connectivity index (χ0v) is 16.6. The number of methoxy groups -OCH3 is 1. The quantitative estimate of drug-likeness (QED) is 0.410. The van der Waals surface area contributed by atoms with Gasteiger partial charge in [0.25, 0.3) is 0 Å². The van der Waals surface area contributed by atoms with Crippen LogP contribution in [0.3, 0.4) is 0 Å². The van der Waals surface area contributed by atoms with Crippen LogP contribution < -0.4 is 10.4 Å². The molecule has 0 amide bonds. The molecule has 0 N–H and O–H groups in total. The normalized spacial score (nSPS) is 10.8. The first-order valence-electron chi connectivity index (χ1n) is 9.56. The third-order valence-electron chi connectivity index (χ3n) is 4.69. The predicted molar refractivity (Wildman–Crippen MR) is 109 cm³/mol. The summed E-state index contributed by atoms with van der Waals surface area (Å²) in [6, 6.07) is 14.1. The van der Waals surface area contributed by atoms with Gasteiger partial charge in [-0.1, -0.05) is 19.1 Å². The maximum absolute atomic E-state index is 12.7. The number of benzene rings is 2. The van der Waals surface area contributed by atoms with E-state index in [1.807, 2.05) is 31.2 Å². The number of ether oxygens (including phenoxy) is 2. The average Bonchev–Trinajstić information content (AvgIpc) is 3.02. The van der Waals surface area contributed by atoms with Crippen LogP contribution in [0.25, 0.3) is 11.0 Å². The van der Waals surface area contributed by atoms with Gasteiger partial charge in [0, 0.05) is 18.7 Å². The van der Waals surface area contributed by atoms with Crippen LogP contribution in [0.1, 0.15) is 30.1 Å². The molecule has 29 heavy (non-hydrogen) atoms. The van der Waals surface area contributed by atoms with Crippen molar-refractivity contribution >= 4 is 22.8 Å². The molecule has 0 radical (unpaired) electrons. The molecule has 0 aliphatic rings. The van der Waals surface area contributed by atoms with Gasteiger partial charge >= 0.3 is 11.7 Å². The monoisotopic (exact) mass is 396 g/mol. The molecule has 1 aromatic heterocycles. The average molecular weight is 396 g/mol. The molecule has 7 nitrogen and oxygen atoms in total. The number of fused-ring (bicyclic) bond motifs is 1. The molecule has 0 spiro atoms. The van der Waals surface area contributed by atoms with Crippen LogP contribution in [0.4, 0.5) is 0 Å². The Balaban J connectivity index is 1.61. The van der Waals surface area contributed by atoms with Crippen molar-refractivity contribution in [3.05, 3.63) is 64.6 Å². The predicted octanol–water partition coefficient (Wildman–Crippen LogP) is 3.04. The van der Waals surface area contributed by atoms with E-state index in [2.05, 4.69) is 0 Å². The number of imidazole rings is 1. The maximum Gasteiger partial charge on any atom is 0.329 e. The summed E-state index contributed by atoms with van der Waals surface area (Å²) in [6.45, 7) is 2.49. The van der Waals surface area contributed by atoms with Crippen LogP contribution in [-0.2, 0) is 22.6 Å². The molecule has 3 aromatic rings. The zero-order chi connectivity index (χ0) is 20.8. The van der Waals surface area contributed by atoms with Crippen LogP contribution >= 0.6 is 0 Å². The minimum atomic E-state index is -0.522. The molecule has 152 valence electrons. The highest BCUT2D eigenvalue weighted by Crippen LogP contribution is 2.14. The number of hydrogen-bond acceptors (Lipinski definition) is 5. The van der Waals surface area contributed by atoms with E-state index in [1.54, 1.807) is 40.5 Å². The van der Waals surface area contributed by atoms with Gasteiger partial charge < -0.3 is 9.47 Å². The van der Waals surface area contributed by atoms with Gasteiger partial charge in [-0.05, 0) is 42.8 Å². The Morgan fingerprint density at radius 3 is 2.14 bits per heavy atom. The fourth-order valence-corrected chi connectivity index (χ4v) is 3.21. The number of para-hydroxylation sites is 2. The second-order valence-electron chi connectivity index (χ2n) is 6.64.